The van der Waals surface area contributed by atoms with Gasteiger partial charge in [0.1, 0.15) is 11.5 Å². The van der Waals surface area contributed by atoms with Gasteiger partial charge < -0.3 is 4.74 Å². The predicted molar refractivity (Wildman–Crippen MR) is 81.7 cm³/mol. The molecule has 0 radical (unpaired) electrons. The van der Waals surface area contributed by atoms with E-state index < -0.39 is 0 Å². The summed E-state index contributed by atoms with van der Waals surface area (Å²) in [5, 5.41) is 0.733. The van der Waals surface area contributed by atoms with Gasteiger partial charge in [0, 0.05) is 10.9 Å². The molecule has 0 aromatic heterocycles. The van der Waals surface area contributed by atoms with Crippen molar-refractivity contribution >= 4 is 23.2 Å². The topological polar surface area (TPSA) is 9.23 Å². The molecule has 0 fully saturated rings. The zero-order valence-electron chi connectivity index (χ0n) is 11.3. The van der Waals surface area contributed by atoms with Gasteiger partial charge in [-0.05, 0) is 61.2 Å². The van der Waals surface area contributed by atoms with E-state index in [9.17, 15) is 0 Å². The van der Waals surface area contributed by atoms with Gasteiger partial charge in [0.15, 0.2) is 0 Å². The van der Waals surface area contributed by atoms with Crippen LogP contribution in [-0.2, 0) is 5.88 Å². The Kier molecular flexibility index (Phi) is 4.38. The highest BCUT2D eigenvalue weighted by molar-refractivity contribution is 6.30. The molecule has 2 aromatic carbocycles. The van der Waals surface area contributed by atoms with Gasteiger partial charge in [-0.1, -0.05) is 23.7 Å². The molecule has 0 atom stereocenters. The average molecular weight is 295 g/mol. The van der Waals surface area contributed by atoms with Crippen LogP contribution in [0.4, 0.5) is 0 Å². The molecular weight excluding hydrogens is 279 g/mol. The van der Waals surface area contributed by atoms with Gasteiger partial charge in [0.2, 0.25) is 0 Å². The van der Waals surface area contributed by atoms with Crippen LogP contribution in [0.5, 0.6) is 11.5 Å². The minimum Gasteiger partial charge on any atom is -0.457 e. The van der Waals surface area contributed by atoms with E-state index in [-0.39, 0.29) is 0 Å². The molecule has 0 aliphatic heterocycles. The van der Waals surface area contributed by atoms with Crippen molar-refractivity contribution in [2.75, 3.05) is 0 Å². The lowest BCUT2D eigenvalue weighted by Crippen LogP contribution is -1.94. The third-order valence-electron chi connectivity index (χ3n) is 3.03. The summed E-state index contributed by atoms with van der Waals surface area (Å²) in [4.78, 5) is 0. The minimum atomic E-state index is 0.514. The van der Waals surface area contributed by atoms with Crippen LogP contribution in [0.25, 0.3) is 0 Å². The first-order valence-corrected chi connectivity index (χ1v) is 7.02. The highest BCUT2D eigenvalue weighted by Gasteiger charge is 2.09. The van der Waals surface area contributed by atoms with Crippen LogP contribution in [0.3, 0.4) is 0 Å². The van der Waals surface area contributed by atoms with Crippen molar-refractivity contribution in [3.8, 4) is 11.5 Å². The van der Waals surface area contributed by atoms with Gasteiger partial charge in [0.25, 0.3) is 0 Å². The number of alkyl halides is 1. The van der Waals surface area contributed by atoms with Crippen molar-refractivity contribution in [2.24, 2.45) is 0 Å². The Morgan fingerprint density at radius 1 is 0.947 bits per heavy atom. The number of rotatable bonds is 3. The van der Waals surface area contributed by atoms with E-state index in [1.807, 2.05) is 51.1 Å². The van der Waals surface area contributed by atoms with Crippen molar-refractivity contribution in [2.45, 2.75) is 26.7 Å². The Balaban J connectivity index is 2.36. The molecule has 0 bridgehead atoms. The van der Waals surface area contributed by atoms with Gasteiger partial charge in [-0.25, -0.2) is 0 Å². The number of hydrogen-bond acceptors (Lipinski definition) is 1. The minimum absolute atomic E-state index is 0.514. The zero-order chi connectivity index (χ0) is 14.0. The molecule has 0 spiro atoms. The fourth-order valence-corrected chi connectivity index (χ4v) is 2.57. The molecule has 0 amide bonds. The Labute approximate surface area is 124 Å². The molecular formula is C16H16Cl2O. The summed E-state index contributed by atoms with van der Waals surface area (Å²) in [5.74, 6) is 2.23. The average Bonchev–Trinajstić information content (AvgIpc) is 2.35. The summed E-state index contributed by atoms with van der Waals surface area (Å²) >= 11 is 11.8. The van der Waals surface area contributed by atoms with Gasteiger partial charge in [-0.15, -0.1) is 11.6 Å². The molecule has 100 valence electrons. The Hall–Kier alpha value is -1.18. The Bertz CT molecular complexity index is 583. The molecule has 0 saturated heterocycles. The monoisotopic (exact) mass is 294 g/mol. The fraction of sp³-hybridized carbons (Fsp3) is 0.250. The first kappa shape index (κ1) is 14.2. The SMILES string of the molecule is Cc1cc(CCl)ccc1Oc1c(C)cc(Cl)cc1C. The van der Waals surface area contributed by atoms with Crippen molar-refractivity contribution in [1.82, 2.24) is 0 Å². The van der Waals surface area contributed by atoms with E-state index in [1.54, 1.807) is 0 Å². The molecule has 1 nitrogen and oxygen atoms in total. The van der Waals surface area contributed by atoms with Gasteiger partial charge in [-0.2, -0.15) is 0 Å². The van der Waals surface area contributed by atoms with Crippen LogP contribution in [0.15, 0.2) is 30.3 Å². The fourth-order valence-electron chi connectivity index (χ4n) is 2.08. The molecule has 2 aromatic rings. The smallest absolute Gasteiger partial charge is 0.133 e. The summed E-state index contributed by atoms with van der Waals surface area (Å²) in [6.45, 7) is 6.01. The summed E-state index contributed by atoms with van der Waals surface area (Å²) in [5.41, 5.74) is 4.24. The maximum atomic E-state index is 6.03. The highest BCUT2D eigenvalue weighted by Crippen LogP contribution is 2.33. The highest BCUT2D eigenvalue weighted by atomic mass is 35.5. The van der Waals surface area contributed by atoms with Crippen LogP contribution in [0.2, 0.25) is 5.02 Å². The van der Waals surface area contributed by atoms with Crippen LogP contribution in [0.1, 0.15) is 22.3 Å². The quantitative estimate of drug-likeness (QED) is 0.650. The number of hydrogen-bond donors (Lipinski definition) is 0. The molecule has 0 aliphatic carbocycles. The van der Waals surface area contributed by atoms with Crippen molar-refractivity contribution in [3.63, 3.8) is 0 Å². The lowest BCUT2D eigenvalue weighted by atomic mass is 10.1. The van der Waals surface area contributed by atoms with Crippen LogP contribution in [-0.4, -0.2) is 0 Å². The largest absolute Gasteiger partial charge is 0.457 e. The normalized spacial score (nSPS) is 10.6. The molecule has 0 aliphatic rings. The number of aryl methyl sites for hydroxylation is 3. The summed E-state index contributed by atoms with van der Waals surface area (Å²) < 4.78 is 6.02. The summed E-state index contributed by atoms with van der Waals surface area (Å²) in [7, 11) is 0. The van der Waals surface area contributed by atoms with E-state index in [2.05, 4.69) is 0 Å². The molecule has 19 heavy (non-hydrogen) atoms. The third kappa shape index (κ3) is 3.23. The van der Waals surface area contributed by atoms with E-state index in [0.29, 0.717) is 5.88 Å². The first-order valence-electron chi connectivity index (χ1n) is 6.11. The second-order valence-corrected chi connectivity index (χ2v) is 5.41. The molecule has 3 heteroatoms. The molecule has 0 heterocycles. The Morgan fingerprint density at radius 3 is 2.11 bits per heavy atom. The molecule has 0 unspecified atom stereocenters. The van der Waals surface area contributed by atoms with E-state index >= 15 is 0 Å². The van der Waals surface area contributed by atoms with Gasteiger partial charge >= 0.3 is 0 Å². The van der Waals surface area contributed by atoms with E-state index in [4.69, 9.17) is 27.9 Å². The first-order chi connectivity index (χ1) is 9.01. The Morgan fingerprint density at radius 2 is 1.58 bits per heavy atom. The van der Waals surface area contributed by atoms with Crippen LogP contribution < -0.4 is 4.74 Å². The zero-order valence-corrected chi connectivity index (χ0v) is 12.8. The van der Waals surface area contributed by atoms with Crippen LogP contribution >= 0.6 is 23.2 Å². The number of benzene rings is 2. The third-order valence-corrected chi connectivity index (χ3v) is 3.56. The van der Waals surface area contributed by atoms with Gasteiger partial charge in [0.05, 0.1) is 0 Å². The second-order valence-electron chi connectivity index (χ2n) is 4.70. The molecule has 0 saturated carbocycles. The maximum Gasteiger partial charge on any atom is 0.133 e. The summed E-state index contributed by atoms with van der Waals surface area (Å²) in [6.07, 6.45) is 0. The van der Waals surface area contributed by atoms with Crippen molar-refractivity contribution in [1.29, 1.82) is 0 Å². The molecule has 0 N–H and O–H groups in total. The van der Waals surface area contributed by atoms with Crippen LogP contribution in [0, 0.1) is 20.8 Å². The lowest BCUT2D eigenvalue weighted by Gasteiger charge is -2.14. The van der Waals surface area contributed by atoms with Gasteiger partial charge in [-0.3, -0.25) is 0 Å². The predicted octanol–water partition coefficient (Wildman–Crippen LogP) is 5.80. The maximum absolute atomic E-state index is 6.03. The standard InChI is InChI=1S/C16H16Cl2O/c1-10-6-13(9-17)4-5-15(10)19-16-11(2)7-14(18)8-12(16)3/h4-8H,9H2,1-3H3. The lowest BCUT2D eigenvalue weighted by molar-refractivity contribution is 0.471. The molecule has 2 rings (SSSR count). The van der Waals surface area contributed by atoms with Crippen molar-refractivity contribution in [3.05, 3.63) is 57.6 Å². The second kappa shape index (κ2) is 5.85. The van der Waals surface area contributed by atoms with Crippen molar-refractivity contribution < 1.29 is 4.74 Å². The number of ether oxygens (including phenoxy) is 1. The van der Waals surface area contributed by atoms with E-state index in [1.165, 1.54) is 0 Å². The number of halogens is 2. The van der Waals surface area contributed by atoms with E-state index in [0.717, 1.165) is 38.8 Å². The summed E-state index contributed by atoms with van der Waals surface area (Å²) in [6, 6.07) is 9.80.